The fourth-order valence-electron chi connectivity index (χ4n) is 1.42. The van der Waals surface area contributed by atoms with Gasteiger partial charge in [0.2, 0.25) is 0 Å². The van der Waals surface area contributed by atoms with Gasteiger partial charge in [-0.3, -0.25) is 4.79 Å². The van der Waals surface area contributed by atoms with Crippen LogP contribution in [0.15, 0.2) is 59.7 Å². The topological polar surface area (TPSA) is 61.7 Å². The van der Waals surface area contributed by atoms with Gasteiger partial charge in [-0.05, 0) is 23.8 Å². The molecule has 0 aliphatic heterocycles. The van der Waals surface area contributed by atoms with Crippen molar-refractivity contribution in [3.63, 3.8) is 0 Å². The first kappa shape index (κ1) is 11.9. The first-order chi connectivity index (χ1) is 8.75. The van der Waals surface area contributed by atoms with Gasteiger partial charge in [0.05, 0.1) is 6.21 Å². The van der Waals surface area contributed by atoms with E-state index in [4.69, 9.17) is 0 Å². The molecule has 2 rings (SSSR count). The summed E-state index contributed by atoms with van der Waals surface area (Å²) in [5, 5.41) is 13.1. The van der Waals surface area contributed by atoms with Crippen molar-refractivity contribution in [2.24, 2.45) is 5.10 Å². The van der Waals surface area contributed by atoms with Crippen LogP contribution in [0.5, 0.6) is 5.75 Å². The highest BCUT2D eigenvalue weighted by molar-refractivity contribution is 5.95. The first-order valence-electron chi connectivity index (χ1n) is 5.43. The average Bonchev–Trinajstić information content (AvgIpc) is 2.40. The van der Waals surface area contributed by atoms with Crippen molar-refractivity contribution in [1.29, 1.82) is 0 Å². The molecule has 18 heavy (non-hydrogen) atoms. The lowest BCUT2D eigenvalue weighted by molar-refractivity contribution is 0.0954. The minimum absolute atomic E-state index is 0.0506. The summed E-state index contributed by atoms with van der Waals surface area (Å²) in [6, 6.07) is 15.5. The lowest BCUT2D eigenvalue weighted by Crippen LogP contribution is -2.17. The maximum Gasteiger partial charge on any atom is 0.271 e. The van der Waals surface area contributed by atoms with Crippen molar-refractivity contribution < 1.29 is 9.90 Å². The van der Waals surface area contributed by atoms with Crippen LogP contribution in [0, 0.1) is 0 Å². The van der Waals surface area contributed by atoms with Gasteiger partial charge in [0.15, 0.2) is 0 Å². The molecule has 4 heteroatoms. The smallest absolute Gasteiger partial charge is 0.271 e. The number of amides is 1. The molecule has 90 valence electrons. The molecule has 4 nitrogen and oxygen atoms in total. The summed E-state index contributed by atoms with van der Waals surface area (Å²) in [7, 11) is 0. The van der Waals surface area contributed by atoms with Crippen molar-refractivity contribution in [3.8, 4) is 5.75 Å². The van der Waals surface area contributed by atoms with E-state index in [2.05, 4.69) is 10.5 Å². The molecule has 0 heterocycles. The van der Waals surface area contributed by atoms with Crippen LogP contribution in [0.1, 0.15) is 15.9 Å². The number of rotatable bonds is 3. The van der Waals surface area contributed by atoms with Crippen LogP contribution in [0.25, 0.3) is 0 Å². The largest absolute Gasteiger partial charge is 0.508 e. The highest BCUT2D eigenvalue weighted by Crippen LogP contribution is 2.10. The molecule has 0 saturated carbocycles. The summed E-state index contributed by atoms with van der Waals surface area (Å²) >= 11 is 0. The Morgan fingerprint density at radius 3 is 2.61 bits per heavy atom. The molecule has 0 aromatic heterocycles. The average molecular weight is 240 g/mol. The molecule has 0 aliphatic carbocycles. The quantitative estimate of drug-likeness (QED) is 0.638. The van der Waals surface area contributed by atoms with E-state index >= 15 is 0 Å². The number of hydrogen-bond acceptors (Lipinski definition) is 3. The van der Waals surface area contributed by atoms with Gasteiger partial charge < -0.3 is 5.11 Å². The summed E-state index contributed by atoms with van der Waals surface area (Å²) in [6.07, 6.45) is 1.56. The van der Waals surface area contributed by atoms with E-state index in [1.54, 1.807) is 18.3 Å². The van der Waals surface area contributed by atoms with Crippen LogP contribution in [-0.2, 0) is 0 Å². The zero-order valence-corrected chi connectivity index (χ0v) is 9.58. The highest BCUT2D eigenvalue weighted by Gasteiger charge is 2.03. The Bertz CT molecular complexity index is 565. The lowest BCUT2D eigenvalue weighted by atomic mass is 10.2. The molecule has 0 aliphatic rings. The van der Waals surface area contributed by atoms with Crippen LogP contribution in [-0.4, -0.2) is 17.2 Å². The minimum Gasteiger partial charge on any atom is -0.508 e. The summed E-state index contributed by atoms with van der Waals surface area (Å²) in [4.78, 5) is 11.7. The fraction of sp³-hybridized carbons (Fsp3) is 0. The van der Waals surface area contributed by atoms with Gasteiger partial charge in [-0.2, -0.15) is 5.10 Å². The number of nitrogens with zero attached hydrogens (tertiary/aromatic N) is 1. The van der Waals surface area contributed by atoms with Crippen molar-refractivity contribution in [2.75, 3.05) is 0 Å². The number of hydrogen-bond donors (Lipinski definition) is 2. The molecular formula is C14H12N2O2. The van der Waals surface area contributed by atoms with Gasteiger partial charge >= 0.3 is 0 Å². The zero-order valence-electron chi connectivity index (χ0n) is 9.58. The van der Waals surface area contributed by atoms with E-state index in [9.17, 15) is 9.90 Å². The summed E-state index contributed by atoms with van der Waals surface area (Å²) in [5.41, 5.74) is 3.65. The third kappa shape index (κ3) is 3.18. The predicted octanol–water partition coefficient (Wildman–Crippen LogP) is 2.16. The Hall–Kier alpha value is -2.62. The van der Waals surface area contributed by atoms with E-state index in [-0.39, 0.29) is 11.7 Å². The number of carbonyl (C=O) groups excluding carboxylic acids is 1. The molecule has 1 amide bonds. The molecule has 0 fully saturated rings. The van der Waals surface area contributed by atoms with Crippen molar-refractivity contribution >= 4 is 12.1 Å². The SMILES string of the molecule is O=C(N/N=C/c1ccccc1)c1cccc(O)c1. The molecule has 0 atom stereocenters. The number of phenols is 1. The summed E-state index contributed by atoms with van der Waals surface area (Å²) < 4.78 is 0. The van der Waals surface area contributed by atoms with E-state index < -0.39 is 0 Å². The molecule has 2 aromatic carbocycles. The number of nitrogens with one attached hydrogen (secondary N) is 1. The first-order valence-corrected chi connectivity index (χ1v) is 5.43. The normalized spacial score (nSPS) is 10.4. The summed E-state index contributed by atoms with van der Waals surface area (Å²) in [6.45, 7) is 0. The van der Waals surface area contributed by atoms with Crippen LogP contribution in [0.2, 0.25) is 0 Å². The monoisotopic (exact) mass is 240 g/mol. The Kier molecular flexibility index (Phi) is 3.71. The maximum atomic E-state index is 11.7. The Balaban J connectivity index is 1.99. The van der Waals surface area contributed by atoms with Gasteiger partial charge in [-0.1, -0.05) is 36.4 Å². The molecule has 0 saturated heterocycles. The second-order valence-electron chi connectivity index (χ2n) is 3.66. The van der Waals surface area contributed by atoms with Crippen molar-refractivity contribution in [1.82, 2.24) is 5.43 Å². The van der Waals surface area contributed by atoms with Crippen LogP contribution < -0.4 is 5.43 Å². The lowest BCUT2D eigenvalue weighted by Gasteiger charge is -2.00. The van der Waals surface area contributed by atoms with E-state index in [1.165, 1.54) is 12.1 Å². The third-order valence-corrected chi connectivity index (χ3v) is 2.29. The number of carbonyl (C=O) groups is 1. The van der Waals surface area contributed by atoms with E-state index in [0.717, 1.165) is 5.56 Å². The second-order valence-corrected chi connectivity index (χ2v) is 3.66. The predicted molar refractivity (Wildman–Crippen MR) is 69.6 cm³/mol. The zero-order chi connectivity index (χ0) is 12.8. The molecule has 2 aromatic rings. The fourth-order valence-corrected chi connectivity index (χ4v) is 1.42. The number of hydrazone groups is 1. The minimum atomic E-state index is -0.363. The van der Waals surface area contributed by atoms with Gasteiger partial charge in [-0.15, -0.1) is 0 Å². The van der Waals surface area contributed by atoms with Gasteiger partial charge in [-0.25, -0.2) is 5.43 Å². The molecular weight excluding hydrogens is 228 g/mol. The van der Waals surface area contributed by atoms with E-state index in [0.29, 0.717) is 5.56 Å². The maximum absolute atomic E-state index is 11.7. The third-order valence-electron chi connectivity index (χ3n) is 2.29. The van der Waals surface area contributed by atoms with Crippen molar-refractivity contribution in [2.45, 2.75) is 0 Å². The Morgan fingerprint density at radius 1 is 1.11 bits per heavy atom. The number of aromatic hydroxyl groups is 1. The standard InChI is InChI=1S/C14H12N2O2/c17-13-8-4-7-12(9-13)14(18)16-15-10-11-5-2-1-3-6-11/h1-10,17H,(H,16,18)/b15-10+. The van der Waals surface area contributed by atoms with Crippen LogP contribution in [0.4, 0.5) is 0 Å². The van der Waals surface area contributed by atoms with Crippen LogP contribution in [0.3, 0.4) is 0 Å². The van der Waals surface area contributed by atoms with E-state index in [1.807, 2.05) is 30.3 Å². The molecule has 0 radical (unpaired) electrons. The molecule has 2 N–H and O–H groups in total. The Morgan fingerprint density at radius 2 is 1.89 bits per heavy atom. The second kappa shape index (κ2) is 5.63. The molecule has 0 bridgehead atoms. The van der Waals surface area contributed by atoms with Crippen LogP contribution >= 0.6 is 0 Å². The van der Waals surface area contributed by atoms with Gasteiger partial charge in [0.25, 0.3) is 5.91 Å². The van der Waals surface area contributed by atoms with Gasteiger partial charge in [0, 0.05) is 5.56 Å². The number of phenolic OH excluding ortho intramolecular Hbond substituents is 1. The number of benzene rings is 2. The molecule has 0 spiro atoms. The van der Waals surface area contributed by atoms with Gasteiger partial charge in [0.1, 0.15) is 5.75 Å². The van der Waals surface area contributed by atoms with Crippen molar-refractivity contribution in [3.05, 3.63) is 65.7 Å². The Labute approximate surface area is 105 Å². The highest BCUT2D eigenvalue weighted by atomic mass is 16.3. The molecule has 0 unspecified atom stereocenters. The summed E-state index contributed by atoms with van der Waals surface area (Å²) in [5.74, 6) is -0.312.